The van der Waals surface area contributed by atoms with E-state index in [1.165, 1.54) is 36.4 Å². The first-order valence-corrected chi connectivity index (χ1v) is 5.71. The number of halogens is 1. The molecule has 0 saturated carbocycles. The molecule has 0 atom stereocenters. The van der Waals surface area contributed by atoms with Crippen LogP contribution in [0.15, 0.2) is 47.6 Å². The van der Waals surface area contributed by atoms with Crippen molar-refractivity contribution in [2.45, 2.75) is 0 Å². The van der Waals surface area contributed by atoms with Crippen LogP contribution in [0.1, 0.15) is 5.56 Å². The van der Waals surface area contributed by atoms with Crippen LogP contribution >= 0.6 is 0 Å². The van der Waals surface area contributed by atoms with Crippen LogP contribution in [0.4, 0.5) is 10.1 Å². The van der Waals surface area contributed by atoms with Gasteiger partial charge in [-0.05, 0) is 36.4 Å². The molecule has 0 aromatic heterocycles. The van der Waals surface area contributed by atoms with E-state index < -0.39 is 10.7 Å². The number of hydrogen-bond acceptors (Lipinski definition) is 5. The number of nitro groups is 1. The van der Waals surface area contributed by atoms with E-state index in [-0.39, 0.29) is 28.6 Å². The molecule has 2 aromatic carbocycles. The van der Waals surface area contributed by atoms with E-state index in [2.05, 4.69) is 5.16 Å². The van der Waals surface area contributed by atoms with Crippen LogP contribution in [0, 0.1) is 15.9 Å². The van der Waals surface area contributed by atoms with Gasteiger partial charge < -0.3 is 15.7 Å². The normalized spacial score (nSPS) is 11.2. The second-order valence-corrected chi connectivity index (χ2v) is 3.98. The SMILES string of the molecule is NC(=NO)c1ccc(Oc2ccc(F)cc2)c([N+](=O)[O-])c1. The van der Waals surface area contributed by atoms with Gasteiger partial charge in [-0.15, -0.1) is 0 Å². The van der Waals surface area contributed by atoms with Crippen LogP contribution in [0.5, 0.6) is 11.5 Å². The van der Waals surface area contributed by atoms with E-state index in [0.29, 0.717) is 0 Å². The lowest BCUT2D eigenvalue weighted by atomic mass is 10.1. The Morgan fingerprint density at radius 2 is 1.95 bits per heavy atom. The Kier molecular flexibility index (Phi) is 3.98. The highest BCUT2D eigenvalue weighted by molar-refractivity contribution is 5.97. The number of nitrogens with zero attached hydrogens (tertiary/aromatic N) is 2. The molecule has 0 heterocycles. The predicted octanol–water partition coefficient (Wildman–Crippen LogP) is 2.62. The summed E-state index contributed by atoms with van der Waals surface area (Å²) in [7, 11) is 0. The summed E-state index contributed by atoms with van der Waals surface area (Å²) in [5.41, 5.74) is 5.20. The Balaban J connectivity index is 2.39. The third kappa shape index (κ3) is 3.24. The predicted molar refractivity (Wildman–Crippen MR) is 72.1 cm³/mol. The fraction of sp³-hybridized carbons (Fsp3) is 0. The summed E-state index contributed by atoms with van der Waals surface area (Å²) in [5.74, 6) is -0.497. The largest absolute Gasteiger partial charge is 0.450 e. The number of rotatable bonds is 4. The standard InChI is InChI=1S/C13H10FN3O4/c14-9-2-4-10(5-3-9)21-12-6-1-8(13(15)16-18)7-11(12)17(19)20/h1-7,18H,(H2,15,16). The van der Waals surface area contributed by atoms with Crippen molar-refractivity contribution in [1.82, 2.24) is 0 Å². The fourth-order valence-electron chi connectivity index (χ4n) is 1.59. The molecule has 21 heavy (non-hydrogen) atoms. The molecule has 2 aromatic rings. The molecule has 8 heteroatoms. The molecule has 0 spiro atoms. The zero-order valence-corrected chi connectivity index (χ0v) is 10.6. The van der Waals surface area contributed by atoms with Crippen molar-refractivity contribution in [1.29, 1.82) is 0 Å². The van der Waals surface area contributed by atoms with Crippen LogP contribution in [0.2, 0.25) is 0 Å². The first-order chi connectivity index (χ1) is 10.0. The van der Waals surface area contributed by atoms with Crippen molar-refractivity contribution in [3.05, 3.63) is 64.0 Å². The summed E-state index contributed by atoms with van der Waals surface area (Å²) >= 11 is 0. The molecule has 0 saturated heterocycles. The molecule has 2 rings (SSSR count). The number of amidine groups is 1. The zero-order valence-electron chi connectivity index (χ0n) is 10.6. The van der Waals surface area contributed by atoms with Crippen molar-refractivity contribution in [2.24, 2.45) is 10.9 Å². The number of nitrogens with two attached hydrogens (primary N) is 1. The summed E-state index contributed by atoms with van der Waals surface area (Å²) in [4.78, 5) is 10.4. The molecule has 0 radical (unpaired) electrons. The van der Waals surface area contributed by atoms with Gasteiger partial charge in [0.05, 0.1) is 4.92 Å². The minimum atomic E-state index is -0.660. The summed E-state index contributed by atoms with van der Waals surface area (Å²) in [6.45, 7) is 0. The Hall–Kier alpha value is -3.16. The number of hydrogen-bond donors (Lipinski definition) is 2. The van der Waals surface area contributed by atoms with Crippen LogP contribution in [0.3, 0.4) is 0 Å². The molecule has 0 aliphatic heterocycles. The van der Waals surface area contributed by atoms with E-state index in [4.69, 9.17) is 15.7 Å². The molecule has 0 fully saturated rings. The molecule has 0 aliphatic carbocycles. The van der Waals surface area contributed by atoms with Gasteiger partial charge in [0.25, 0.3) is 0 Å². The topological polar surface area (TPSA) is 111 Å². The summed E-state index contributed by atoms with van der Waals surface area (Å²) in [6, 6.07) is 8.87. The van der Waals surface area contributed by atoms with E-state index in [9.17, 15) is 14.5 Å². The average molecular weight is 291 g/mol. The highest BCUT2D eigenvalue weighted by atomic mass is 19.1. The molecule has 0 amide bonds. The third-order valence-electron chi connectivity index (χ3n) is 2.60. The van der Waals surface area contributed by atoms with Crippen LogP contribution in [-0.4, -0.2) is 16.0 Å². The lowest BCUT2D eigenvalue weighted by Gasteiger charge is -2.07. The van der Waals surface area contributed by atoms with Crippen molar-refractivity contribution >= 4 is 11.5 Å². The zero-order chi connectivity index (χ0) is 15.4. The Morgan fingerprint density at radius 1 is 1.29 bits per heavy atom. The third-order valence-corrected chi connectivity index (χ3v) is 2.60. The molecule has 7 nitrogen and oxygen atoms in total. The summed E-state index contributed by atoms with van der Waals surface area (Å²) in [6.07, 6.45) is 0. The minimum Gasteiger partial charge on any atom is -0.450 e. The minimum absolute atomic E-state index is 0.0407. The molecule has 0 aliphatic rings. The van der Waals surface area contributed by atoms with Gasteiger partial charge in [0.2, 0.25) is 5.75 Å². The van der Waals surface area contributed by atoms with E-state index in [1.54, 1.807) is 0 Å². The molecular formula is C13H10FN3O4. The van der Waals surface area contributed by atoms with Gasteiger partial charge in [-0.2, -0.15) is 0 Å². The van der Waals surface area contributed by atoms with Gasteiger partial charge in [0.1, 0.15) is 11.6 Å². The van der Waals surface area contributed by atoms with E-state index >= 15 is 0 Å². The smallest absolute Gasteiger partial charge is 0.312 e. The molecule has 0 unspecified atom stereocenters. The van der Waals surface area contributed by atoms with Crippen molar-refractivity contribution in [2.75, 3.05) is 0 Å². The van der Waals surface area contributed by atoms with Gasteiger partial charge in [-0.25, -0.2) is 4.39 Å². The van der Waals surface area contributed by atoms with Gasteiger partial charge in [0, 0.05) is 11.6 Å². The van der Waals surface area contributed by atoms with Crippen molar-refractivity contribution in [3.63, 3.8) is 0 Å². The Morgan fingerprint density at radius 3 is 2.52 bits per heavy atom. The summed E-state index contributed by atoms with van der Waals surface area (Å²) < 4.78 is 18.1. The lowest BCUT2D eigenvalue weighted by Crippen LogP contribution is -2.13. The number of ether oxygens (including phenoxy) is 1. The maximum absolute atomic E-state index is 12.8. The number of nitro benzene ring substituents is 1. The van der Waals surface area contributed by atoms with E-state index in [0.717, 1.165) is 6.07 Å². The second kappa shape index (κ2) is 5.87. The van der Waals surface area contributed by atoms with Crippen LogP contribution in [0.25, 0.3) is 0 Å². The average Bonchev–Trinajstić information content (AvgIpc) is 2.49. The second-order valence-electron chi connectivity index (χ2n) is 3.98. The molecule has 3 N–H and O–H groups in total. The van der Waals surface area contributed by atoms with Gasteiger partial charge in [0.15, 0.2) is 5.84 Å². The first kappa shape index (κ1) is 14.3. The van der Waals surface area contributed by atoms with Crippen LogP contribution < -0.4 is 10.5 Å². The monoisotopic (exact) mass is 291 g/mol. The molecule has 108 valence electrons. The Bertz CT molecular complexity index is 701. The van der Waals surface area contributed by atoms with Crippen molar-refractivity contribution in [3.8, 4) is 11.5 Å². The lowest BCUT2D eigenvalue weighted by molar-refractivity contribution is -0.385. The number of oxime groups is 1. The van der Waals surface area contributed by atoms with E-state index in [1.807, 2.05) is 0 Å². The highest BCUT2D eigenvalue weighted by Crippen LogP contribution is 2.32. The van der Waals surface area contributed by atoms with Gasteiger partial charge in [-0.1, -0.05) is 5.16 Å². The number of benzene rings is 2. The summed E-state index contributed by atoms with van der Waals surface area (Å²) in [5, 5.41) is 22.4. The maximum atomic E-state index is 12.8. The fourth-order valence-corrected chi connectivity index (χ4v) is 1.59. The highest BCUT2D eigenvalue weighted by Gasteiger charge is 2.18. The maximum Gasteiger partial charge on any atom is 0.312 e. The molecule has 0 bridgehead atoms. The Labute approximate surface area is 118 Å². The first-order valence-electron chi connectivity index (χ1n) is 5.71. The van der Waals surface area contributed by atoms with Gasteiger partial charge >= 0.3 is 5.69 Å². The van der Waals surface area contributed by atoms with Gasteiger partial charge in [-0.3, -0.25) is 10.1 Å². The quantitative estimate of drug-likeness (QED) is 0.296. The van der Waals surface area contributed by atoms with Crippen LogP contribution in [-0.2, 0) is 0 Å². The van der Waals surface area contributed by atoms with Crippen molar-refractivity contribution < 1.29 is 19.3 Å². The molecular weight excluding hydrogens is 281 g/mol.